The lowest BCUT2D eigenvalue weighted by Gasteiger charge is -2.33. The number of carbonyl (C=O) groups is 1. The van der Waals surface area contributed by atoms with Gasteiger partial charge in [0, 0.05) is 17.5 Å². The molecule has 1 aromatic rings. The summed E-state index contributed by atoms with van der Waals surface area (Å²) in [6.07, 6.45) is 3.38. The van der Waals surface area contributed by atoms with Gasteiger partial charge < -0.3 is 9.69 Å². The van der Waals surface area contributed by atoms with Crippen molar-refractivity contribution in [1.82, 2.24) is 4.90 Å². The zero-order valence-electron chi connectivity index (χ0n) is 10.1. The van der Waals surface area contributed by atoms with Crippen LogP contribution in [0.15, 0.2) is 24.3 Å². The fourth-order valence-electron chi connectivity index (χ4n) is 2.68. The van der Waals surface area contributed by atoms with Gasteiger partial charge in [0.25, 0.3) is 0 Å². The Morgan fingerprint density at radius 3 is 3.00 bits per heavy atom. The van der Waals surface area contributed by atoms with Gasteiger partial charge in [-0.2, -0.15) is 0 Å². The van der Waals surface area contributed by atoms with Crippen LogP contribution in [0.2, 0.25) is 5.02 Å². The second-order valence-electron chi connectivity index (χ2n) is 4.88. The van der Waals surface area contributed by atoms with E-state index in [2.05, 4.69) is 11.9 Å². The van der Waals surface area contributed by atoms with Gasteiger partial charge in [0.15, 0.2) is 0 Å². The number of piperidine rings is 1. The Kier molecular flexibility index (Phi) is 4.19. The van der Waals surface area contributed by atoms with Crippen LogP contribution in [0.5, 0.6) is 0 Å². The van der Waals surface area contributed by atoms with Crippen molar-refractivity contribution in [3.63, 3.8) is 0 Å². The Balaban J connectivity index is 2.18. The summed E-state index contributed by atoms with van der Waals surface area (Å²) in [7, 11) is 2.12. The van der Waals surface area contributed by atoms with Crippen molar-refractivity contribution in [3.05, 3.63) is 34.9 Å². The average Bonchev–Trinajstić information content (AvgIpc) is 2.30. The van der Waals surface area contributed by atoms with Crippen LogP contribution in [0.3, 0.4) is 0 Å². The molecule has 1 heterocycles. The van der Waals surface area contributed by atoms with Gasteiger partial charge in [0.05, 0.1) is 0 Å². The van der Waals surface area contributed by atoms with E-state index in [1.165, 1.54) is 6.42 Å². The van der Waals surface area contributed by atoms with Gasteiger partial charge in [0.1, 0.15) is 6.29 Å². The van der Waals surface area contributed by atoms with Crippen molar-refractivity contribution in [2.24, 2.45) is 5.92 Å². The summed E-state index contributed by atoms with van der Waals surface area (Å²) < 4.78 is 0. The van der Waals surface area contributed by atoms with Gasteiger partial charge in [-0.25, -0.2) is 0 Å². The number of carbonyl (C=O) groups excluding carboxylic acids is 1. The summed E-state index contributed by atoms with van der Waals surface area (Å²) in [6.45, 7) is 2.13. The molecule has 0 bridgehead atoms. The van der Waals surface area contributed by atoms with Crippen molar-refractivity contribution in [1.29, 1.82) is 0 Å². The van der Waals surface area contributed by atoms with E-state index in [4.69, 9.17) is 11.6 Å². The molecule has 17 heavy (non-hydrogen) atoms. The lowest BCUT2D eigenvalue weighted by Crippen LogP contribution is -2.35. The highest BCUT2D eigenvalue weighted by molar-refractivity contribution is 6.30. The molecule has 2 rings (SSSR count). The highest BCUT2D eigenvalue weighted by atomic mass is 35.5. The molecule has 0 aromatic heterocycles. The van der Waals surface area contributed by atoms with Crippen LogP contribution in [0, 0.1) is 5.92 Å². The molecule has 0 N–H and O–H groups in total. The largest absolute Gasteiger partial charge is 0.306 e. The number of likely N-dealkylation sites (tertiary alicyclic amines) is 1. The van der Waals surface area contributed by atoms with Crippen molar-refractivity contribution < 1.29 is 4.79 Å². The summed E-state index contributed by atoms with van der Waals surface area (Å²) in [5, 5.41) is 0.707. The zero-order valence-corrected chi connectivity index (χ0v) is 10.9. The first-order valence-electron chi connectivity index (χ1n) is 6.10. The third-order valence-electron chi connectivity index (χ3n) is 3.55. The minimum atomic E-state index is -0.0172. The van der Waals surface area contributed by atoms with Crippen LogP contribution in [0.1, 0.15) is 24.3 Å². The minimum absolute atomic E-state index is 0.0172. The Morgan fingerprint density at radius 2 is 2.35 bits per heavy atom. The Labute approximate surface area is 108 Å². The molecule has 0 aliphatic carbocycles. The number of nitrogens with zero attached hydrogens (tertiary/aromatic N) is 1. The molecule has 2 unspecified atom stereocenters. The van der Waals surface area contributed by atoms with Crippen molar-refractivity contribution in [3.8, 4) is 0 Å². The van der Waals surface area contributed by atoms with Crippen LogP contribution in [0.4, 0.5) is 0 Å². The topological polar surface area (TPSA) is 20.3 Å². The Hall–Kier alpha value is -0.860. The minimum Gasteiger partial charge on any atom is -0.306 e. The van der Waals surface area contributed by atoms with Crippen LogP contribution < -0.4 is 0 Å². The second kappa shape index (κ2) is 5.65. The number of halogens is 1. The predicted molar refractivity (Wildman–Crippen MR) is 70.5 cm³/mol. The molecule has 0 spiro atoms. The average molecular weight is 252 g/mol. The third-order valence-corrected chi connectivity index (χ3v) is 3.78. The SMILES string of the molecule is CN1CCCC(C(C=O)c2cccc(Cl)c2)C1. The van der Waals surface area contributed by atoms with Crippen LogP contribution in [0.25, 0.3) is 0 Å². The summed E-state index contributed by atoms with van der Waals surface area (Å²) in [4.78, 5) is 13.7. The quantitative estimate of drug-likeness (QED) is 0.770. The number of rotatable bonds is 3. The second-order valence-corrected chi connectivity index (χ2v) is 5.32. The van der Waals surface area contributed by atoms with Crippen LogP contribution >= 0.6 is 11.6 Å². The van der Waals surface area contributed by atoms with E-state index >= 15 is 0 Å². The Morgan fingerprint density at radius 1 is 1.53 bits per heavy atom. The lowest BCUT2D eigenvalue weighted by atomic mass is 9.82. The zero-order chi connectivity index (χ0) is 12.3. The number of hydrogen-bond acceptors (Lipinski definition) is 2. The van der Waals surface area contributed by atoms with E-state index in [-0.39, 0.29) is 5.92 Å². The summed E-state index contributed by atoms with van der Waals surface area (Å²) in [5.41, 5.74) is 1.05. The lowest BCUT2D eigenvalue weighted by molar-refractivity contribution is -0.110. The molecule has 2 atom stereocenters. The van der Waals surface area contributed by atoms with Crippen LogP contribution in [-0.2, 0) is 4.79 Å². The first kappa shape index (κ1) is 12.6. The van der Waals surface area contributed by atoms with E-state index in [1.807, 2.05) is 24.3 Å². The van der Waals surface area contributed by atoms with Gasteiger partial charge in [-0.3, -0.25) is 0 Å². The molecule has 3 heteroatoms. The molecule has 0 saturated carbocycles. The van der Waals surface area contributed by atoms with Crippen molar-refractivity contribution in [2.45, 2.75) is 18.8 Å². The molecule has 1 saturated heterocycles. The molecule has 1 aromatic carbocycles. The summed E-state index contributed by atoms with van der Waals surface area (Å²) in [6, 6.07) is 7.68. The van der Waals surface area contributed by atoms with Crippen molar-refractivity contribution >= 4 is 17.9 Å². The standard InChI is InChI=1S/C14H18ClNO/c1-16-7-3-5-12(9-16)14(10-17)11-4-2-6-13(15)8-11/h2,4,6,8,10,12,14H,3,5,7,9H2,1H3. The number of aldehydes is 1. The first-order chi connectivity index (χ1) is 8.20. The number of benzene rings is 1. The van der Waals surface area contributed by atoms with E-state index in [0.29, 0.717) is 10.9 Å². The van der Waals surface area contributed by atoms with E-state index < -0.39 is 0 Å². The number of hydrogen-bond donors (Lipinski definition) is 0. The molecule has 0 radical (unpaired) electrons. The van der Waals surface area contributed by atoms with Gasteiger partial charge in [0.2, 0.25) is 0 Å². The monoisotopic (exact) mass is 251 g/mol. The van der Waals surface area contributed by atoms with Crippen molar-refractivity contribution in [2.75, 3.05) is 20.1 Å². The molecule has 92 valence electrons. The fourth-order valence-corrected chi connectivity index (χ4v) is 2.87. The molecular weight excluding hydrogens is 234 g/mol. The van der Waals surface area contributed by atoms with E-state index in [0.717, 1.165) is 31.4 Å². The highest BCUT2D eigenvalue weighted by Gasteiger charge is 2.26. The summed E-state index contributed by atoms with van der Waals surface area (Å²) in [5.74, 6) is 0.404. The fraction of sp³-hybridized carbons (Fsp3) is 0.500. The molecule has 0 amide bonds. The smallest absolute Gasteiger partial charge is 0.127 e. The molecule has 1 aliphatic rings. The van der Waals surface area contributed by atoms with Gasteiger partial charge in [-0.05, 0) is 50.0 Å². The van der Waals surface area contributed by atoms with Gasteiger partial charge in [-0.1, -0.05) is 23.7 Å². The van der Waals surface area contributed by atoms with Gasteiger partial charge >= 0.3 is 0 Å². The Bertz CT molecular complexity index is 394. The summed E-state index contributed by atoms with van der Waals surface area (Å²) >= 11 is 5.99. The van der Waals surface area contributed by atoms with E-state index in [9.17, 15) is 4.79 Å². The molecule has 1 fully saturated rings. The first-order valence-corrected chi connectivity index (χ1v) is 6.48. The maximum Gasteiger partial charge on any atom is 0.127 e. The molecule has 1 aliphatic heterocycles. The molecular formula is C14H18ClNO. The van der Waals surface area contributed by atoms with E-state index in [1.54, 1.807) is 0 Å². The third kappa shape index (κ3) is 3.08. The van der Waals surface area contributed by atoms with Gasteiger partial charge in [-0.15, -0.1) is 0 Å². The maximum atomic E-state index is 11.4. The molecule has 2 nitrogen and oxygen atoms in total. The maximum absolute atomic E-state index is 11.4. The normalized spacial score (nSPS) is 23.3. The van der Waals surface area contributed by atoms with Crippen LogP contribution in [-0.4, -0.2) is 31.3 Å². The predicted octanol–water partition coefficient (Wildman–Crippen LogP) is 2.96. The highest BCUT2D eigenvalue weighted by Crippen LogP contribution is 2.30.